The number of rotatable bonds is 2. The zero-order chi connectivity index (χ0) is 15.1. The maximum Gasteiger partial charge on any atom is 0.264 e. The third kappa shape index (κ3) is 3.03. The van der Waals surface area contributed by atoms with Gasteiger partial charge in [0.25, 0.3) is 5.91 Å². The highest BCUT2D eigenvalue weighted by molar-refractivity contribution is 7.91. The Morgan fingerprint density at radius 3 is 2.60 bits per heavy atom. The zero-order valence-corrected chi connectivity index (χ0v) is 13.4. The van der Waals surface area contributed by atoms with Crippen molar-refractivity contribution in [1.29, 1.82) is 0 Å². The molecule has 0 bridgehead atoms. The number of aryl methyl sites for hydroxylation is 1. The molecule has 2 heterocycles. The van der Waals surface area contributed by atoms with Gasteiger partial charge in [-0.2, -0.15) is 0 Å². The summed E-state index contributed by atoms with van der Waals surface area (Å²) in [5.74, 6) is -0.108. The van der Waals surface area contributed by atoms with Gasteiger partial charge in [0.1, 0.15) is 4.21 Å². The van der Waals surface area contributed by atoms with Gasteiger partial charge >= 0.3 is 0 Å². The van der Waals surface area contributed by atoms with Crippen LogP contribution < -0.4 is 5.14 Å². The number of thiophene rings is 1. The standard InChI is InChI=1S/C12H19N3O3S2/c1-8-6-10(20(13,17)18)19-11(8)12(16)15-5-4-14(3)7-9(15)2/h6,9H,4-5,7H2,1-3H3,(H2,13,17,18). The van der Waals surface area contributed by atoms with Crippen molar-refractivity contribution < 1.29 is 13.2 Å². The third-order valence-corrected chi connectivity index (χ3v) is 6.11. The number of primary sulfonamides is 1. The third-order valence-electron chi connectivity index (χ3n) is 3.46. The lowest BCUT2D eigenvalue weighted by Gasteiger charge is -2.38. The summed E-state index contributed by atoms with van der Waals surface area (Å²) in [5.41, 5.74) is 0.662. The van der Waals surface area contributed by atoms with Gasteiger partial charge in [0, 0.05) is 25.7 Å². The van der Waals surface area contributed by atoms with Gasteiger partial charge in [-0.25, -0.2) is 13.6 Å². The van der Waals surface area contributed by atoms with E-state index in [0.717, 1.165) is 24.4 Å². The molecule has 1 amide bonds. The Labute approximate surface area is 123 Å². The highest BCUT2D eigenvalue weighted by atomic mass is 32.2. The van der Waals surface area contributed by atoms with Crippen LogP contribution in [0.2, 0.25) is 0 Å². The van der Waals surface area contributed by atoms with Gasteiger partial charge in [-0.3, -0.25) is 4.79 Å². The molecule has 1 unspecified atom stereocenters. The molecule has 20 heavy (non-hydrogen) atoms. The first-order valence-corrected chi connectivity index (χ1v) is 8.69. The number of sulfonamides is 1. The predicted molar refractivity (Wildman–Crippen MR) is 78.4 cm³/mol. The van der Waals surface area contributed by atoms with E-state index in [-0.39, 0.29) is 16.2 Å². The second kappa shape index (κ2) is 5.44. The highest BCUT2D eigenvalue weighted by Gasteiger charge is 2.29. The average molecular weight is 317 g/mol. The van der Waals surface area contributed by atoms with Crippen molar-refractivity contribution in [2.75, 3.05) is 26.7 Å². The highest BCUT2D eigenvalue weighted by Crippen LogP contribution is 2.27. The van der Waals surface area contributed by atoms with Gasteiger partial charge in [0.2, 0.25) is 10.0 Å². The molecule has 0 spiro atoms. The molecule has 6 nitrogen and oxygen atoms in total. The molecule has 0 radical (unpaired) electrons. The summed E-state index contributed by atoms with van der Waals surface area (Å²) >= 11 is 0.953. The van der Waals surface area contributed by atoms with E-state index in [2.05, 4.69) is 4.90 Å². The van der Waals surface area contributed by atoms with E-state index in [0.29, 0.717) is 17.0 Å². The van der Waals surface area contributed by atoms with Crippen molar-refractivity contribution >= 4 is 27.3 Å². The summed E-state index contributed by atoms with van der Waals surface area (Å²) in [4.78, 5) is 17.0. The minimum Gasteiger partial charge on any atom is -0.333 e. The van der Waals surface area contributed by atoms with Crippen LogP contribution in [0.15, 0.2) is 10.3 Å². The Balaban J connectivity index is 2.28. The molecule has 1 aromatic heterocycles. The van der Waals surface area contributed by atoms with Crippen molar-refractivity contribution in [2.24, 2.45) is 5.14 Å². The van der Waals surface area contributed by atoms with Gasteiger partial charge in [0.05, 0.1) is 4.88 Å². The van der Waals surface area contributed by atoms with Crippen LogP contribution in [-0.2, 0) is 10.0 Å². The van der Waals surface area contributed by atoms with Gasteiger partial charge < -0.3 is 9.80 Å². The fourth-order valence-electron chi connectivity index (χ4n) is 2.38. The number of carbonyl (C=O) groups is 1. The van der Waals surface area contributed by atoms with Crippen LogP contribution in [0.4, 0.5) is 0 Å². The Hall–Kier alpha value is -0.960. The number of piperazine rings is 1. The number of nitrogens with two attached hydrogens (primary N) is 1. The van der Waals surface area contributed by atoms with E-state index in [1.165, 1.54) is 6.07 Å². The van der Waals surface area contributed by atoms with Crippen LogP contribution >= 0.6 is 11.3 Å². The molecule has 0 saturated carbocycles. The number of amides is 1. The molecular formula is C12H19N3O3S2. The van der Waals surface area contributed by atoms with Crippen LogP contribution in [-0.4, -0.2) is 56.8 Å². The Kier molecular flexibility index (Phi) is 4.19. The number of hydrogen-bond donors (Lipinski definition) is 1. The van der Waals surface area contributed by atoms with E-state index in [4.69, 9.17) is 5.14 Å². The molecule has 1 atom stereocenters. The second-order valence-corrected chi connectivity index (χ2v) is 8.07. The average Bonchev–Trinajstić information content (AvgIpc) is 2.70. The minimum absolute atomic E-state index is 0.0418. The molecule has 1 fully saturated rings. The monoisotopic (exact) mass is 317 g/mol. The van der Waals surface area contributed by atoms with Gasteiger partial charge in [0.15, 0.2) is 0 Å². The van der Waals surface area contributed by atoms with E-state index in [1.54, 1.807) is 11.8 Å². The zero-order valence-electron chi connectivity index (χ0n) is 11.8. The Morgan fingerprint density at radius 2 is 2.10 bits per heavy atom. The van der Waals surface area contributed by atoms with E-state index in [1.807, 2.05) is 14.0 Å². The maximum absolute atomic E-state index is 12.6. The molecule has 0 aliphatic carbocycles. The fraction of sp³-hybridized carbons (Fsp3) is 0.583. The van der Waals surface area contributed by atoms with Crippen molar-refractivity contribution in [3.05, 3.63) is 16.5 Å². The second-order valence-electron chi connectivity index (χ2n) is 5.23. The molecule has 2 rings (SSSR count). The van der Waals surface area contributed by atoms with Crippen LogP contribution in [0.5, 0.6) is 0 Å². The van der Waals surface area contributed by atoms with Gasteiger partial charge in [-0.15, -0.1) is 11.3 Å². The van der Waals surface area contributed by atoms with Crippen molar-refractivity contribution in [3.63, 3.8) is 0 Å². The Morgan fingerprint density at radius 1 is 1.45 bits per heavy atom. The van der Waals surface area contributed by atoms with Crippen molar-refractivity contribution in [3.8, 4) is 0 Å². The molecule has 2 N–H and O–H groups in total. The molecule has 1 aromatic rings. The molecule has 8 heteroatoms. The molecule has 112 valence electrons. The van der Waals surface area contributed by atoms with Crippen LogP contribution in [0, 0.1) is 6.92 Å². The Bertz CT molecular complexity index is 624. The molecule has 0 aromatic carbocycles. The van der Waals surface area contributed by atoms with Crippen molar-refractivity contribution in [2.45, 2.75) is 24.1 Å². The SMILES string of the molecule is Cc1cc(S(N)(=O)=O)sc1C(=O)N1CCN(C)CC1C. The minimum atomic E-state index is -3.75. The molecule has 1 saturated heterocycles. The number of likely N-dealkylation sites (N-methyl/N-ethyl adjacent to an activating group) is 1. The summed E-state index contributed by atoms with van der Waals surface area (Å²) in [5, 5.41) is 5.11. The first-order chi connectivity index (χ1) is 9.20. The number of nitrogens with zero attached hydrogens (tertiary/aromatic N) is 2. The summed E-state index contributed by atoms with van der Waals surface area (Å²) in [6, 6.07) is 1.58. The normalized spacial score (nSPS) is 21.2. The van der Waals surface area contributed by atoms with E-state index in [9.17, 15) is 13.2 Å². The van der Waals surface area contributed by atoms with Gasteiger partial charge in [-0.05, 0) is 32.5 Å². The predicted octanol–water partition coefficient (Wildman–Crippen LogP) is 0.480. The van der Waals surface area contributed by atoms with Crippen molar-refractivity contribution in [1.82, 2.24) is 9.80 Å². The summed E-state index contributed by atoms with van der Waals surface area (Å²) in [7, 11) is -1.73. The molecular weight excluding hydrogens is 298 g/mol. The van der Waals surface area contributed by atoms with E-state index >= 15 is 0 Å². The summed E-state index contributed by atoms with van der Waals surface area (Å²) in [6.07, 6.45) is 0. The number of hydrogen-bond acceptors (Lipinski definition) is 5. The quantitative estimate of drug-likeness (QED) is 0.860. The largest absolute Gasteiger partial charge is 0.333 e. The lowest BCUT2D eigenvalue weighted by Crippen LogP contribution is -2.52. The molecule has 1 aliphatic rings. The number of carbonyl (C=O) groups excluding carboxylic acids is 1. The fourth-order valence-corrected chi connectivity index (χ4v) is 4.29. The van der Waals surface area contributed by atoms with Crippen LogP contribution in [0.1, 0.15) is 22.2 Å². The van der Waals surface area contributed by atoms with Crippen LogP contribution in [0.3, 0.4) is 0 Å². The first-order valence-electron chi connectivity index (χ1n) is 6.33. The smallest absolute Gasteiger partial charge is 0.264 e. The first kappa shape index (κ1) is 15.4. The summed E-state index contributed by atoms with van der Waals surface area (Å²) in [6.45, 7) is 6.02. The lowest BCUT2D eigenvalue weighted by atomic mass is 10.1. The summed E-state index contributed by atoms with van der Waals surface area (Å²) < 4.78 is 22.8. The topological polar surface area (TPSA) is 83.7 Å². The van der Waals surface area contributed by atoms with Gasteiger partial charge in [-0.1, -0.05) is 0 Å². The molecule has 1 aliphatic heterocycles. The van der Waals surface area contributed by atoms with E-state index < -0.39 is 10.0 Å². The van der Waals surface area contributed by atoms with Crippen LogP contribution in [0.25, 0.3) is 0 Å². The maximum atomic E-state index is 12.6. The lowest BCUT2D eigenvalue weighted by molar-refractivity contribution is 0.0538.